The lowest BCUT2D eigenvalue weighted by Crippen LogP contribution is -2.13. The number of nitrogens with one attached hydrogen (secondary N) is 1. The lowest BCUT2D eigenvalue weighted by Gasteiger charge is -2.07. The van der Waals surface area contributed by atoms with Gasteiger partial charge in [-0.1, -0.05) is 28.1 Å². The Bertz CT molecular complexity index is 601. The summed E-state index contributed by atoms with van der Waals surface area (Å²) in [5.74, 6) is -0.823. The smallest absolute Gasteiger partial charge is 0.256 e. The fraction of sp³-hybridized carbons (Fsp3) is 0. The van der Waals surface area contributed by atoms with E-state index in [0.717, 1.165) is 4.47 Å². The van der Waals surface area contributed by atoms with Gasteiger partial charge in [0, 0.05) is 10.2 Å². The van der Waals surface area contributed by atoms with Gasteiger partial charge in [-0.15, -0.1) is 0 Å². The second-order valence-electron chi connectivity index (χ2n) is 3.57. The monoisotopic (exact) mass is 371 g/mol. The summed E-state index contributed by atoms with van der Waals surface area (Å²) in [5, 5.41) is 2.70. The summed E-state index contributed by atoms with van der Waals surface area (Å²) in [6, 6.07) is 11.5. The van der Waals surface area contributed by atoms with Gasteiger partial charge in [-0.25, -0.2) is 4.39 Å². The average Bonchev–Trinajstić information content (AvgIpc) is 2.32. The van der Waals surface area contributed by atoms with Crippen molar-refractivity contribution in [1.82, 2.24) is 0 Å². The fourth-order valence-corrected chi connectivity index (χ4v) is 2.29. The Balaban J connectivity index is 2.25. The van der Waals surface area contributed by atoms with E-state index < -0.39 is 5.82 Å². The molecule has 1 amide bonds. The summed E-state index contributed by atoms with van der Waals surface area (Å²) in [6.07, 6.45) is 0. The first-order valence-electron chi connectivity index (χ1n) is 5.09. The fourth-order valence-electron chi connectivity index (χ4n) is 1.44. The van der Waals surface area contributed by atoms with Gasteiger partial charge in [0.15, 0.2) is 0 Å². The summed E-state index contributed by atoms with van der Waals surface area (Å²) in [4.78, 5) is 12.0. The van der Waals surface area contributed by atoms with Gasteiger partial charge >= 0.3 is 0 Å². The Kier molecular flexibility index (Phi) is 4.14. The van der Waals surface area contributed by atoms with Gasteiger partial charge in [0.25, 0.3) is 5.91 Å². The molecule has 2 aromatic carbocycles. The molecule has 18 heavy (non-hydrogen) atoms. The van der Waals surface area contributed by atoms with Crippen LogP contribution in [0.15, 0.2) is 51.4 Å². The zero-order valence-corrected chi connectivity index (χ0v) is 12.3. The maximum atomic E-state index is 13.3. The van der Waals surface area contributed by atoms with Gasteiger partial charge in [-0.05, 0) is 46.3 Å². The van der Waals surface area contributed by atoms with E-state index in [1.807, 2.05) is 6.07 Å². The third-order valence-corrected chi connectivity index (χ3v) is 3.58. The minimum absolute atomic E-state index is 0.164. The Morgan fingerprint density at radius 2 is 1.83 bits per heavy atom. The topological polar surface area (TPSA) is 29.1 Å². The second kappa shape index (κ2) is 5.63. The van der Waals surface area contributed by atoms with Crippen LogP contribution >= 0.6 is 31.9 Å². The summed E-state index contributed by atoms with van der Waals surface area (Å²) < 4.78 is 14.3. The minimum Gasteiger partial charge on any atom is -0.322 e. The number of halogens is 3. The molecule has 92 valence electrons. The first-order chi connectivity index (χ1) is 8.58. The summed E-state index contributed by atoms with van der Waals surface area (Å²) >= 11 is 6.38. The van der Waals surface area contributed by atoms with Crippen molar-refractivity contribution in [2.24, 2.45) is 0 Å². The number of rotatable bonds is 2. The van der Waals surface area contributed by atoms with Crippen LogP contribution in [0.3, 0.4) is 0 Å². The van der Waals surface area contributed by atoms with Crippen molar-refractivity contribution >= 4 is 43.5 Å². The van der Waals surface area contributed by atoms with Gasteiger partial charge in [-0.3, -0.25) is 4.79 Å². The Hall–Kier alpha value is -1.20. The van der Waals surface area contributed by atoms with Crippen LogP contribution in [-0.2, 0) is 0 Å². The zero-order chi connectivity index (χ0) is 13.1. The molecule has 1 N–H and O–H groups in total. The molecule has 0 unspecified atom stereocenters. The third kappa shape index (κ3) is 2.97. The third-order valence-electron chi connectivity index (χ3n) is 2.28. The van der Waals surface area contributed by atoms with E-state index >= 15 is 0 Å². The second-order valence-corrected chi connectivity index (χ2v) is 5.27. The van der Waals surface area contributed by atoms with Gasteiger partial charge in [0.1, 0.15) is 5.82 Å². The van der Waals surface area contributed by atoms with E-state index in [-0.39, 0.29) is 15.9 Å². The Labute approximate surface area is 120 Å². The van der Waals surface area contributed by atoms with Crippen LogP contribution in [0.4, 0.5) is 10.1 Å². The van der Waals surface area contributed by atoms with Crippen molar-refractivity contribution in [2.75, 3.05) is 5.32 Å². The van der Waals surface area contributed by atoms with E-state index in [9.17, 15) is 9.18 Å². The SMILES string of the molecule is O=C(Nc1cccc(Br)c1)c1cccc(F)c1Br. The van der Waals surface area contributed by atoms with Crippen LogP contribution in [-0.4, -0.2) is 5.91 Å². The number of benzene rings is 2. The number of amides is 1. The van der Waals surface area contributed by atoms with Crippen molar-refractivity contribution in [3.05, 3.63) is 62.8 Å². The molecular weight excluding hydrogens is 365 g/mol. The molecule has 2 aromatic rings. The minimum atomic E-state index is -0.461. The lowest BCUT2D eigenvalue weighted by molar-refractivity contribution is 0.102. The van der Waals surface area contributed by atoms with Gasteiger partial charge < -0.3 is 5.32 Å². The van der Waals surface area contributed by atoms with Crippen LogP contribution in [0.25, 0.3) is 0 Å². The van der Waals surface area contributed by atoms with E-state index in [2.05, 4.69) is 37.2 Å². The maximum absolute atomic E-state index is 13.3. The molecule has 0 saturated heterocycles. The first-order valence-corrected chi connectivity index (χ1v) is 6.67. The van der Waals surface area contributed by atoms with Crippen molar-refractivity contribution < 1.29 is 9.18 Å². The van der Waals surface area contributed by atoms with Crippen LogP contribution in [0.5, 0.6) is 0 Å². The molecule has 2 rings (SSSR count). The van der Waals surface area contributed by atoms with Crippen LogP contribution in [0.2, 0.25) is 0 Å². The van der Waals surface area contributed by atoms with E-state index in [4.69, 9.17) is 0 Å². The average molecular weight is 373 g/mol. The number of hydrogen-bond donors (Lipinski definition) is 1. The highest BCUT2D eigenvalue weighted by Gasteiger charge is 2.13. The Morgan fingerprint density at radius 1 is 1.11 bits per heavy atom. The predicted molar refractivity (Wildman–Crippen MR) is 76.2 cm³/mol. The predicted octanol–water partition coefficient (Wildman–Crippen LogP) is 4.60. The molecule has 5 heteroatoms. The number of anilines is 1. The molecule has 0 aliphatic rings. The largest absolute Gasteiger partial charge is 0.322 e. The maximum Gasteiger partial charge on any atom is 0.256 e. The highest BCUT2D eigenvalue weighted by Crippen LogP contribution is 2.22. The molecule has 0 bridgehead atoms. The summed E-state index contributed by atoms with van der Waals surface area (Å²) in [7, 11) is 0. The van der Waals surface area contributed by atoms with E-state index in [1.54, 1.807) is 24.3 Å². The first kappa shape index (κ1) is 13.2. The molecule has 0 aliphatic heterocycles. The molecular formula is C13H8Br2FNO. The van der Waals surface area contributed by atoms with Crippen molar-refractivity contribution in [1.29, 1.82) is 0 Å². The highest BCUT2D eigenvalue weighted by molar-refractivity contribution is 9.10. The molecule has 0 heterocycles. The molecule has 0 atom stereocenters. The van der Waals surface area contributed by atoms with Gasteiger partial charge in [-0.2, -0.15) is 0 Å². The van der Waals surface area contributed by atoms with Gasteiger partial charge in [0.2, 0.25) is 0 Å². The van der Waals surface area contributed by atoms with E-state index in [1.165, 1.54) is 12.1 Å². The van der Waals surface area contributed by atoms with Crippen LogP contribution in [0.1, 0.15) is 10.4 Å². The van der Waals surface area contributed by atoms with Crippen molar-refractivity contribution in [2.45, 2.75) is 0 Å². The number of hydrogen-bond acceptors (Lipinski definition) is 1. The summed E-state index contributed by atoms with van der Waals surface area (Å²) in [6.45, 7) is 0. The van der Waals surface area contributed by atoms with Crippen molar-refractivity contribution in [3.8, 4) is 0 Å². The standard InChI is InChI=1S/C13H8Br2FNO/c14-8-3-1-4-9(7-8)17-13(18)10-5-2-6-11(16)12(10)15/h1-7H,(H,17,18). The Morgan fingerprint density at radius 3 is 2.56 bits per heavy atom. The number of carbonyl (C=O) groups is 1. The molecule has 0 radical (unpaired) electrons. The molecule has 2 nitrogen and oxygen atoms in total. The van der Waals surface area contributed by atoms with Crippen LogP contribution < -0.4 is 5.32 Å². The molecule has 0 saturated carbocycles. The normalized spacial score (nSPS) is 10.2. The molecule has 0 aromatic heterocycles. The number of carbonyl (C=O) groups excluding carboxylic acids is 1. The van der Waals surface area contributed by atoms with Crippen molar-refractivity contribution in [3.63, 3.8) is 0 Å². The highest BCUT2D eigenvalue weighted by atomic mass is 79.9. The van der Waals surface area contributed by atoms with Gasteiger partial charge in [0.05, 0.1) is 10.0 Å². The molecule has 0 aliphatic carbocycles. The van der Waals surface area contributed by atoms with E-state index in [0.29, 0.717) is 5.69 Å². The lowest BCUT2D eigenvalue weighted by atomic mass is 10.2. The quantitative estimate of drug-likeness (QED) is 0.819. The molecule has 0 fully saturated rings. The summed E-state index contributed by atoms with van der Waals surface area (Å²) in [5.41, 5.74) is 0.903. The molecule has 0 spiro atoms. The zero-order valence-electron chi connectivity index (χ0n) is 9.08. The van der Waals surface area contributed by atoms with Crippen LogP contribution in [0, 0.1) is 5.82 Å².